The highest BCUT2D eigenvalue weighted by atomic mass is 35.5. The van der Waals surface area contributed by atoms with Crippen LogP contribution in [0.2, 0.25) is 5.02 Å². The predicted molar refractivity (Wildman–Crippen MR) is 111 cm³/mol. The predicted octanol–water partition coefficient (Wildman–Crippen LogP) is 4.86. The summed E-state index contributed by atoms with van der Waals surface area (Å²) in [6.07, 6.45) is 5.56. The second-order valence-electron chi connectivity index (χ2n) is 6.26. The highest BCUT2D eigenvalue weighted by molar-refractivity contribution is 6.30. The average Bonchev–Trinajstić information content (AvgIpc) is 2.69. The van der Waals surface area contributed by atoms with Crippen molar-refractivity contribution < 1.29 is 4.79 Å². The standard InChI is InChI=1S/C22H24ClN3O/c1-2-3-4-17-7-11-21(12-8-17)26-22(27)19(15-24)16-25-14-13-18-5-9-20(23)10-6-18/h5-12,16,25H,2-4,13-14H2,1H3,(H,26,27)/b19-16-. The molecule has 0 saturated carbocycles. The smallest absolute Gasteiger partial charge is 0.267 e. The van der Waals surface area contributed by atoms with Crippen molar-refractivity contribution in [1.82, 2.24) is 5.32 Å². The normalized spacial score (nSPS) is 10.9. The van der Waals surface area contributed by atoms with Crippen molar-refractivity contribution in [2.75, 3.05) is 11.9 Å². The lowest BCUT2D eigenvalue weighted by Crippen LogP contribution is -2.18. The van der Waals surface area contributed by atoms with E-state index < -0.39 is 5.91 Å². The minimum Gasteiger partial charge on any atom is -0.389 e. The molecule has 0 heterocycles. The molecule has 0 fully saturated rings. The van der Waals surface area contributed by atoms with E-state index in [-0.39, 0.29) is 5.57 Å². The van der Waals surface area contributed by atoms with Crippen molar-refractivity contribution in [3.63, 3.8) is 0 Å². The molecular formula is C22H24ClN3O. The second-order valence-corrected chi connectivity index (χ2v) is 6.69. The molecule has 0 spiro atoms. The van der Waals surface area contributed by atoms with Crippen LogP contribution in [-0.4, -0.2) is 12.5 Å². The topological polar surface area (TPSA) is 64.9 Å². The van der Waals surface area contributed by atoms with Crippen molar-refractivity contribution in [2.45, 2.75) is 32.6 Å². The number of carbonyl (C=O) groups excluding carboxylic acids is 1. The summed E-state index contributed by atoms with van der Waals surface area (Å²) in [5.41, 5.74) is 3.10. The van der Waals surface area contributed by atoms with Gasteiger partial charge in [0, 0.05) is 23.5 Å². The summed E-state index contributed by atoms with van der Waals surface area (Å²) in [5, 5.41) is 15.7. The van der Waals surface area contributed by atoms with E-state index in [0.717, 1.165) is 31.2 Å². The molecule has 0 saturated heterocycles. The van der Waals surface area contributed by atoms with Crippen LogP contribution in [0.15, 0.2) is 60.3 Å². The van der Waals surface area contributed by atoms with Crippen LogP contribution in [0.25, 0.3) is 0 Å². The van der Waals surface area contributed by atoms with Gasteiger partial charge in [-0.05, 0) is 54.7 Å². The fraction of sp³-hybridized carbons (Fsp3) is 0.273. The third-order valence-electron chi connectivity index (χ3n) is 4.11. The lowest BCUT2D eigenvalue weighted by atomic mass is 10.1. The van der Waals surface area contributed by atoms with E-state index in [1.54, 1.807) is 0 Å². The molecule has 2 rings (SSSR count). The summed E-state index contributed by atoms with van der Waals surface area (Å²) in [5.74, 6) is -0.419. The Morgan fingerprint density at radius 3 is 2.33 bits per heavy atom. The number of nitrogens with zero attached hydrogens (tertiary/aromatic N) is 1. The Hall–Kier alpha value is -2.77. The highest BCUT2D eigenvalue weighted by Gasteiger charge is 2.09. The van der Waals surface area contributed by atoms with E-state index in [1.807, 2.05) is 54.6 Å². The molecular weight excluding hydrogens is 358 g/mol. The van der Waals surface area contributed by atoms with Gasteiger partial charge in [0.2, 0.25) is 0 Å². The maximum absolute atomic E-state index is 12.2. The van der Waals surface area contributed by atoms with Crippen LogP contribution in [0.4, 0.5) is 5.69 Å². The molecule has 0 aliphatic heterocycles. The third-order valence-corrected chi connectivity index (χ3v) is 4.37. The first-order chi connectivity index (χ1) is 13.1. The van der Waals surface area contributed by atoms with E-state index in [4.69, 9.17) is 11.6 Å². The van der Waals surface area contributed by atoms with Gasteiger partial charge >= 0.3 is 0 Å². The number of nitriles is 1. The Morgan fingerprint density at radius 2 is 1.70 bits per heavy atom. The van der Waals surface area contributed by atoms with Crippen molar-refractivity contribution in [2.24, 2.45) is 0 Å². The maximum Gasteiger partial charge on any atom is 0.267 e. The third kappa shape index (κ3) is 7.16. The number of hydrogen-bond acceptors (Lipinski definition) is 3. The molecule has 0 aliphatic carbocycles. The maximum atomic E-state index is 12.2. The van der Waals surface area contributed by atoms with Crippen molar-refractivity contribution in [1.29, 1.82) is 5.26 Å². The molecule has 0 unspecified atom stereocenters. The monoisotopic (exact) mass is 381 g/mol. The van der Waals surface area contributed by atoms with Crippen molar-refractivity contribution in [3.8, 4) is 6.07 Å². The number of nitrogens with one attached hydrogen (secondary N) is 2. The lowest BCUT2D eigenvalue weighted by Gasteiger charge is -2.07. The minimum atomic E-state index is -0.419. The highest BCUT2D eigenvalue weighted by Crippen LogP contribution is 2.13. The van der Waals surface area contributed by atoms with E-state index in [0.29, 0.717) is 17.3 Å². The number of anilines is 1. The van der Waals surface area contributed by atoms with Crippen LogP contribution in [0, 0.1) is 11.3 Å². The minimum absolute atomic E-state index is 0.0427. The Bertz CT molecular complexity index is 805. The molecule has 0 atom stereocenters. The van der Waals surface area contributed by atoms with Gasteiger partial charge in [0.1, 0.15) is 11.6 Å². The van der Waals surface area contributed by atoms with Crippen LogP contribution in [0.3, 0.4) is 0 Å². The number of amides is 1. The molecule has 140 valence electrons. The van der Waals surface area contributed by atoms with E-state index in [9.17, 15) is 10.1 Å². The number of unbranched alkanes of at least 4 members (excludes halogenated alkanes) is 1. The summed E-state index contributed by atoms with van der Waals surface area (Å²) in [6, 6.07) is 17.3. The van der Waals surface area contributed by atoms with Gasteiger partial charge in [-0.15, -0.1) is 0 Å². The van der Waals surface area contributed by atoms with Crippen LogP contribution in [0.1, 0.15) is 30.9 Å². The van der Waals surface area contributed by atoms with E-state index >= 15 is 0 Å². The van der Waals surface area contributed by atoms with Gasteiger partial charge in [0.05, 0.1) is 0 Å². The van der Waals surface area contributed by atoms with E-state index in [2.05, 4.69) is 17.6 Å². The van der Waals surface area contributed by atoms with Gasteiger partial charge in [-0.1, -0.05) is 49.2 Å². The summed E-state index contributed by atoms with van der Waals surface area (Å²) in [6.45, 7) is 2.78. The number of rotatable bonds is 9. The van der Waals surface area contributed by atoms with E-state index in [1.165, 1.54) is 11.8 Å². The van der Waals surface area contributed by atoms with Crippen molar-refractivity contribution >= 4 is 23.2 Å². The first-order valence-electron chi connectivity index (χ1n) is 9.10. The quantitative estimate of drug-likeness (QED) is 0.370. The zero-order valence-corrected chi connectivity index (χ0v) is 16.2. The molecule has 2 aromatic carbocycles. The Morgan fingerprint density at radius 1 is 1.07 bits per heavy atom. The molecule has 0 aliphatic rings. The number of benzene rings is 2. The number of aryl methyl sites for hydroxylation is 1. The Balaban J connectivity index is 1.84. The van der Waals surface area contributed by atoms with Gasteiger partial charge in [-0.25, -0.2) is 0 Å². The van der Waals surface area contributed by atoms with Crippen LogP contribution < -0.4 is 10.6 Å². The van der Waals surface area contributed by atoms with Gasteiger partial charge < -0.3 is 10.6 Å². The SMILES string of the molecule is CCCCc1ccc(NC(=O)/C(C#N)=C\NCCc2ccc(Cl)cc2)cc1. The molecule has 5 heteroatoms. The van der Waals surface area contributed by atoms with Gasteiger partial charge in [0.25, 0.3) is 5.91 Å². The zero-order valence-electron chi connectivity index (χ0n) is 15.5. The Labute approximate surface area is 165 Å². The molecule has 0 radical (unpaired) electrons. The molecule has 2 aromatic rings. The molecule has 0 bridgehead atoms. The first kappa shape index (κ1) is 20.5. The molecule has 1 amide bonds. The number of hydrogen-bond donors (Lipinski definition) is 2. The van der Waals surface area contributed by atoms with Crippen LogP contribution in [0.5, 0.6) is 0 Å². The molecule has 4 nitrogen and oxygen atoms in total. The summed E-state index contributed by atoms with van der Waals surface area (Å²) in [7, 11) is 0. The van der Waals surface area contributed by atoms with Gasteiger partial charge in [-0.3, -0.25) is 4.79 Å². The second kappa shape index (κ2) is 11.1. The molecule has 2 N–H and O–H groups in total. The fourth-order valence-corrected chi connectivity index (χ4v) is 2.65. The lowest BCUT2D eigenvalue weighted by molar-refractivity contribution is -0.112. The molecule has 0 aromatic heterocycles. The average molecular weight is 382 g/mol. The molecule has 27 heavy (non-hydrogen) atoms. The number of halogens is 1. The summed E-state index contributed by atoms with van der Waals surface area (Å²) < 4.78 is 0. The zero-order chi connectivity index (χ0) is 19.5. The van der Waals surface area contributed by atoms with Gasteiger partial charge in [0.15, 0.2) is 0 Å². The van der Waals surface area contributed by atoms with Crippen LogP contribution >= 0.6 is 11.6 Å². The Kier molecular flexibility index (Phi) is 8.41. The van der Waals surface area contributed by atoms with Gasteiger partial charge in [-0.2, -0.15) is 5.26 Å². The summed E-state index contributed by atoms with van der Waals surface area (Å²) >= 11 is 5.86. The first-order valence-corrected chi connectivity index (χ1v) is 9.48. The van der Waals surface area contributed by atoms with Crippen molar-refractivity contribution in [3.05, 3.63) is 76.5 Å². The largest absolute Gasteiger partial charge is 0.389 e. The number of carbonyl (C=O) groups is 1. The fourth-order valence-electron chi connectivity index (χ4n) is 2.52. The van der Waals surface area contributed by atoms with Crippen LogP contribution in [-0.2, 0) is 17.6 Å². The summed E-state index contributed by atoms with van der Waals surface area (Å²) in [4.78, 5) is 12.2.